The van der Waals surface area contributed by atoms with Crippen LogP contribution in [0.25, 0.3) is 10.9 Å². The van der Waals surface area contributed by atoms with Crippen molar-refractivity contribution in [1.29, 1.82) is 5.26 Å². The van der Waals surface area contributed by atoms with Gasteiger partial charge in [0.05, 0.1) is 43.2 Å². The monoisotopic (exact) mass is 586 g/mol. The van der Waals surface area contributed by atoms with Crippen LogP contribution in [-0.2, 0) is 4.74 Å². The van der Waals surface area contributed by atoms with Crippen molar-refractivity contribution in [3.8, 4) is 17.6 Å². The largest absolute Gasteiger partial charge is 0.493 e. The fraction of sp³-hybridized carbons (Fsp3) is 0.438. The summed E-state index contributed by atoms with van der Waals surface area (Å²) in [5.41, 5.74) is 2.96. The van der Waals surface area contributed by atoms with Gasteiger partial charge in [0.1, 0.15) is 6.07 Å². The lowest BCUT2D eigenvalue weighted by Crippen LogP contribution is -2.50. The van der Waals surface area contributed by atoms with E-state index in [1.807, 2.05) is 12.1 Å². The van der Waals surface area contributed by atoms with E-state index >= 15 is 0 Å². The third-order valence-corrected chi connectivity index (χ3v) is 8.10. The van der Waals surface area contributed by atoms with Crippen LogP contribution in [0.2, 0.25) is 0 Å². The van der Waals surface area contributed by atoms with Gasteiger partial charge < -0.3 is 34.6 Å². The van der Waals surface area contributed by atoms with Gasteiger partial charge in [0.25, 0.3) is 0 Å². The minimum Gasteiger partial charge on any atom is -0.493 e. The summed E-state index contributed by atoms with van der Waals surface area (Å²) < 4.78 is 16.6. The number of methoxy groups -OCH3 is 2. The number of nitrogens with zero attached hydrogens (tertiary/aromatic N) is 4. The number of rotatable bonds is 9. The quantitative estimate of drug-likeness (QED) is 0.277. The Morgan fingerprint density at radius 2 is 1.91 bits per heavy atom. The van der Waals surface area contributed by atoms with Gasteiger partial charge >= 0.3 is 12.0 Å². The third kappa shape index (κ3) is 7.09. The Labute approximate surface area is 251 Å². The number of benzene rings is 2. The first kappa shape index (κ1) is 29.9. The first-order valence-corrected chi connectivity index (χ1v) is 14.7. The number of carbonyl (C=O) groups excluding carboxylic acids is 2. The van der Waals surface area contributed by atoms with E-state index in [1.54, 1.807) is 42.5 Å². The van der Waals surface area contributed by atoms with Gasteiger partial charge in [-0.05, 0) is 75.0 Å². The topological polar surface area (TPSA) is 129 Å². The highest BCUT2D eigenvalue weighted by atomic mass is 16.5. The molecule has 2 saturated heterocycles. The zero-order chi connectivity index (χ0) is 30.2. The normalized spacial score (nSPS) is 16.8. The number of esters is 1. The summed E-state index contributed by atoms with van der Waals surface area (Å²) in [6, 6.07) is 12.4. The molecule has 0 aliphatic carbocycles. The van der Waals surface area contributed by atoms with Crippen molar-refractivity contribution in [3.05, 3.63) is 53.7 Å². The minimum absolute atomic E-state index is 0.228. The van der Waals surface area contributed by atoms with Crippen molar-refractivity contribution in [2.45, 2.75) is 25.7 Å². The van der Waals surface area contributed by atoms with E-state index in [1.165, 1.54) is 20.0 Å². The van der Waals surface area contributed by atoms with E-state index in [0.717, 1.165) is 42.5 Å². The van der Waals surface area contributed by atoms with Crippen LogP contribution in [0.1, 0.15) is 41.6 Å². The van der Waals surface area contributed by atoms with Crippen LogP contribution in [0, 0.1) is 17.2 Å². The van der Waals surface area contributed by atoms with Crippen LogP contribution in [0.5, 0.6) is 11.5 Å². The van der Waals surface area contributed by atoms with E-state index in [-0.39, 0.29) is 6.03 Å². The van der Waals surface area contributed by atoms with Gasteiger partial charge in [0.15, 0.2) is 11.5 Å². The summed E-state index contributed by atoms with van der Waals surface area (Å²) >= 11 is 0. The molecule has 3 heterocycles. The summed E-state index contributed by atoms with van der Waals surface area (Å²) in [5, 5.41) is 17.1. The lowest BCUT2D eigenvalue weighted by atomic mass is 9.95. The summed E-state index contributed by atoms with van der Waals surface area (Å²) in [6.07, 6.45) is 6.20. The summed E-state index contributed by atoms with van der Waals surface area (Å²) in [4.78, 5) is 33.0. The Morgan fingerprint density at radius 1 is 1.12 bits per heavy atom. The second kappa shape index (κ2) is 14.1. The first-order chi connectivity index (χ1) is 21.0. The molecule has 1 unspecified atom stereocenters. The van der Waals surface area contributed by atoms with E-state index in [0.29, 0.717) is 67.0 Å². The van der Waals surface area contributed by atoms with Crippen molar-refractivity contribution in [3.63, 3.8) is 0 Å². The molecule has 2 amide bonds. The highest BCUT2D eigenvalue weighted by molar-refractivity contribution is 5.97. The molecular formula is C32H38N6O5. The number of nitriles is 1. The van der Waals surface area contributed by atoms with Crippen LogP contribution >= 0.6 is 0 Å². The fourth-order valence-electron chi connectivity index (χ4n) is 5.75. The number of piperidine rings is 1. The summed E-state index contributed by atoms with van der Waals surface area (Å²) in [7, 11) is 2.94. The van der Waals surface area contributed by atoms with E-state index in [4.69, 9.17) is 14.2 Å². The minimum atomic E-state index is -0.432. The molecule has 0 bridgehead atoms. The number of fused-ring (bicyclic) bond motifs is 1. The average Bonchev–Trinajstić information content (AvgIpc) is 3.06. The molecular weight excluding hydrogens is 548 g/mol. The predicted octanol–water partition coefficient (Wildman–Crippen LogP) is 4.41. The highest BCUT2D eigenvalue weighted by Gasteiger charge is 2.25. The van der Waals surface area contributed by atoms with Crippen molar-refractivity contribution < 1.29 is 23.8 Å². The average molecular weight is 587 g/mol. The number of nitrogens with one attached hydrogen (secondary N) is 2. The molecule has 3 aromatic rings. The Hall–Kier alpha value is -4.56. The molecule has 0 spiro atoms. The van der Waals surface area contributed by atoms with E-state index < -0.39 is 5.97 Å². The zero-order valence-electron chi connectivity index (χ0n) is 24.7. The second-order valence-corrected chi connectivity index (χ2v) is 10.8. The maximum atomic E-state index is 12.9. The van der Waals surface area contributed by atoms with Crippen molar-refractivity contribution in [1.82, 2.24) is 15.2 Å². The Morgan fingerprint density at radius 3 is 2.58 bits per heavy atom. The molecule has 1 aromatic heterocycles. The van der Waals surface area contributed by atoms with Crippen molar-refractivity contribution in [2.24, 2.45) is 5.92 Å². The first-order valence-electron chi connectivity index (χ1n) is 14.7. The van der Waals surface area contributed by atoms with Crippen molar-refractivity contribution in [2.75, 3.05) is 70.3 Å². The van der Waals surface area contributed by atoms with Crippen LogP contribution in [0.4, 0.5) is 16.2 Å². The maximum absolute atomic E-state index is 12.9. The predicted molar refractivity (Wildman–Crippen MR) is 164 cm³/mol. The second-order valence-electron chi connectivity index (χ2n) is 10.8. The zero-order valence-corrected chi connectivity index (χ0v) is 24.7. The van der Waals surface area contributed by atoms with E-state index in [2.05, 4.69) is 26.6 Å². The molecule has 226 valence electrons. The van der Waals surface area contributed by atoms with Gasteiger partial charge in [0.2, 0.25) is 0 Å². The van der Waals surface area contributed by atoms with Gasteiger partial charge in [-0.2, -0.15) is 5.26 Å². The number of urea groups is 1. The van der Waals surface area contributed by atoms with E-state index in [9.17, 15) is 14.9 Å². The number of hydrogen-bond donors (Lipinski definition) is 2. The van der Waals surface area contributed by atoms with Gasteiger partial charge in [-0.25, -0.2) is 9.59 Å². The molecule has 2 aliphatic rings. The van der Waals surface area contributed by atoms with Crippen molar-refractivity contribution >= 4 is 34.3 Å². The molecule has 5 rings (SSSR count). The lowest BCUT2D eigenvalue weighted by Gasteiger charge is -2.36. The Balaban J connectivity index is 1.25. The SMILES string of the molecule is COC(=O)c1ccc(NC(=O)N2CCN(c3c(C#N)cnc4cc(OCCCC5CCCNC5)c(OC)cc34)CC2)cc1. The Bertz CT molecular complexity index is 1470. The summed E-state index contributed by atoms with van der Waals surface area (Å²) in [5.74, 6) is 1.51. The molecule has 2 aromatic carbocycles. The number of hydrogen-bond acceptors (Lipinski definition) is 9. The van der Waals surface area contributed by atoms with Crippen LogP contribution in [-0.4, -0.2) is 82.0 Å². The van der Waals surface area contributed by atoms with Gasteiger partial charge in [-0.1, -0.05) is 0 Å². The number of aromatic nitrogens is 1. The highest BCUT2D eigenvalue weighted by Crippen LogP contribution is 2.38. The number of ether oxygens (including phenoxy) is 3. The van der Waals surface area contributed by atoms with Crippen LogP contribution in [0.3, 0.4) is 0 Å². The molecule has 2 aliphatic heterocycles. The molecule has 1 atom stereocenters. The fourth-order valence-corrected chi connectivity index (χ4v) is 5.75. The van der Waals surface area contributed by atoms with Gasteiger partial charge in [-0.3, -0.25) is 4.98 Å². The number of pyridine rings is 1. The molecule has 11 nitrogen and oxygen atoms in total. The van der Waals surface area contributed by atoms with Gasteiger partial charge in [-0.15, -0.1) is 0 Å². The molecule has 11 heteroatoms. The molecule has 2 N–H and O–H groups in total. The maximum Gasteiger partial charge on any atom is 0.337 e. The third-order valence-electron chi connectivity index (χ3n) is 8.10. The smallest absolute Gasteiger partial charge is 0.337 e. The number of carbonyl (C=O) groups is 2. The van der Waals surface area contributed by atoms with Crippen LogP contribution in [0.15, 0.2) is 42.6 Å². The Kier molecular flexibility index (Phi) is 9.79. The van der Waals surface area contributed by atoms with Crippen LogP contribution < -0.4 is 25.0 Å². The lowest BCUT2D eigenvalue weighted by molar-refractivity contribution is 0.0600. The molecule has 0 saturated carbocycles. The molecule has 43 heavy (non-hydrogen) atoms. The number of amides is 2. The summed E-state index contributed by atoms with van der Waals surface area (Å²) in [6.45, 7) is 4.81. The number of piperazine rings is 1. The number of anilines is 2. The van der Waals surface area contributed by atoms with Gasteiger partial charge in [0, 0.05) is 49.5 Å². The molecule has 0 radical (unpaired) electrons. The standard InChI is InChI=1S/C32H38N6O5/c1-41-28-17-26-27(18-29(28)43-16-4-6-22-5-3-11-34-20-22)35-21-24(19-33)30(26)37-12-14-38(15-13-37)32(40)36-25-9-7-23(8-10-25)31(39)42-2/h7-10,17-18,21-22,34H,3-6,11-16,20H2,1-2H3,(H,36,40). The molecule has 2 fully saturated rings.